The number of halogens is 1. The van der Waals surface area contributed by atoms with Gasteiger partial charge in [0.25, 0.3) is 0 Å². The third-order valence-corrected chi connectivity index (χ3v) is 4.66. The Morgan fingerprint density at radius 3 is 2.71 bits per heavy atom. The number of thiazole rings is 1. The normalized spacial score (nSPS) is 12.0. The van der Waals surface area contributed by atoms with E-state index in [1.807, 2.05) is 6.92 Å². The van der Waals surface area contributed by atoms with Crippen LogP contribution < -0.4 is 5.14 Å². The number of aryl methyl sites for hydroxylation is 1. The highest BCUT2D eigenvalue weighted by Crippen LogP contribution is 2.29. The van der Waals surface area contributed by atoms with Crippen molar-refractivity contribution in [1.29, 1.82) is 0 Å². The summed E-state index contributed by atoms with van der Waals surface area (Å²) in [6, 6.07) is 3.66. The number of benzene rings is 1. The van der Waals surface area contributed by atoms with Gasteiger partial charge in [0.15, 0.2) is 10.5 Å². The van der Waals surface area contributed by atoms with Crippen LogP contribution in [-0.4, -0.2) is 23.4 Å². The maximum absolute atomic E-state index is 13.8. The van der Waals surface area contributed by atoms with Gasteiger partial charge in [0.05, 0.1) is 11.9 Å². The monoisotopic (exact) mass is 324 g/mol. The number of rotatable bonds is 2. The van der Waals surface area contributed by atoms with Gasteiger partial charge >= 0.3 is 0 Å². The molecule has 2 heterocycles. The molecule has 2 aromatic heterocycles. The van der Waals surface area contributed by atoms with Crippen molar-refractivity contribution in [3.8, 4) is 10.6 Å². The van der Waals surface area contributed by atoms with Crippen molar-refractivity contribution < 1.29 is 12.8 Å². The van der Waals surface area contributed by atoms with Crippen LogP contribution in [0.15, 0.2) is 29.3 Å². The smallest absolute Gasteiger partial charge is 0.237 e. The summed E-state index contributed by atoms with van der Waals surface area (Å²) in [5.41, 5.74) is 1.67. The molecule has 0 saturated heterocycles. The molecule has 0 atom stereocenters. The van der Waals surface area contributed by atoms with Crippen molar-refractivity contribution in [3.05, 3.63) is 35.9 Å². The minimum absolute atomic E-state index is 0.447. The largest absolute Gasteiger partial charge is 0.240 e. The molecule has 3 aromatic rings. The molecule has 0 aliphatic rings. The van der Waals surface area contributed by atoms with Crippen molar-refractivity contribution in [2.75, 3.05) is 0 Å². The Balaban J connectivity index is 2.13. The molecule has 0 spiro atoms. The highest BCUT2D eigenvalue weighted by molar-refractivity contribution is 7.89. The fraction of sp³-hybridized carbons (Fsp3) is 0.0833. The van der Waals surface area contributed by atoms with Crippen LogP contribution in [0.4, 0.5) is 4.39 Å². The minimum Gasteiger partial charge on any atom is -0.237 e. The Morgan fingerprint density at radius 1 is 1.29 bits per heavy atom. The van der Waals surface area contributed by atoms with Crippen LogP contribution in [0.2, 0.25) is 0 Å². The SMILES string of the molecule is Cc1cnc2nc(-c3ccc(S(N)(=O)=O)c(F)c3)sc2n1. The van der Waals surface area contributed by atoms with Crippen molar-refractivity contribution in [2.45, 2.75) is 11.8 Å². The minimum atomic E-state index is -4.08. The molecule has 0 unspecified atom stereocenters. The van der Waals surface area contributed by atoms with E-state index in [0.717, 1.165) is 17.8 Å². The standard InChI is InChI=1S/C12H9FN4O2S2/c1-6-5-15-10-12(16-6)20-11(17-10)7-2-3-9(8(13)4-7)21(14,18)19/h2-5H,1H3,(H2,14,18,19). The van der Waals surface area contributed by atoms with E-state index in [-0.39, 0.29) is 0 Å². The molecule has 9 heteroatoms. The van der Waals surface area contributed by atoms with Gasteiger partial charge in [0.1, 0.15) is 15.7 Å². The second-order valence-electron chi connectivity index (χ2n) is 4.35. The molecule has 0 amide bonds. The maximum Gasteiger partial charge on any atom is 0.240 e. The Kier molecular flexibility index (Phi) is 3.19. The highest BCUT2D eigenvalue weighted by atomic mass is 32.2. The van der Waals surface area contributed by atoms with E-state index in [2.05, 4.69) is 15.0 Å². The number of primary sulfonamides is 1. The average Bonchev–Trinajstić information content (AvgIpc) is 2.80. The molecular formula is C12H9FN4O2S2. The molecule has 21 heavy (non-hydrogen) atoms. The van der Waals surface area contributed by atoms with E-state index in [0.29, 0.717) is 21.0 Å². The zero-order chi connectivity index (χ0) is 15.2. The van der Waals surface area contributed by atoms with Crippen molar-refractivity contribution in [3.63, 3.8) is 0 Å². The number of sulfonamides is 1. The van der Waals surface area contributed by atoms with Crippen LogP contribution in [0.25, 0.3) is 21.0 Å². The number of fused-ring (bicyclic) bond motifs is 1. The second-order valence-corrected chi connectivity index (χ2v) is 6.86. The van der Waals surface area contributed by atoms with E-state index in [4.69, 9.17) is 5.14 Å². The summed E-state index contributed by atoms with van der Waals surface area (Å²) in [5.74, 6) is -0.911. The number of nitrogens with zero attached hydrogens (tertiary/aromatic N) is 3. The molecule has 0 aliphatic carbocycles. The van der Waals surface area contributed by atoms with E-state index >= 15 is 0 Å². The van der Waals surface area contributed by atoms with E-state index in [1.165, 1.54) is 17.4 Å². The summed E-state index contributed by atoms with van der Waals surface area (Å²) in [5, 5.41) is 5.43. The van der Waals surface area contributed by atoms with Crippen LogP contribution in [0.1, 0.15) is 5.69 Å². The Morgan fingerprint density at radius 2 is 2.05 bits per heavy atom. The lowest BCUT2D eigenvalue weighted by Crippen LogP contribution is -2.13. The first-order valence-electron chi connectivity index (χ1n) is 5.77. The summed E-state index contributed by atoms with van der Waals surface area (Å²) in [6.07, 6.45) is 1.59. The van der Waals surface area contributed by atoms with Gasteiger partial charge < -0.3 is 0 Å². The summed E-state index contributed by atoms with van der Waals surface area (Å²) in [4.78, 5) is 12.8. The van der Waals surface area contributed by atoms with Crippen LogP contribution >= 0.6 is 11.3 Å². The lowest BCUT2D eigenvalue weighted by Gasteiger charge is -2.02. The summed E-state index contributed by atoms with van der Waals surface area (Å²) >= 11 is 1.25. The van der Waals surface area contributed by atoms with Gasteiger partial charge in [0.2, 0.25) is 10.0 Å². The van der Waals surface area contributed by atoms with Gasteiger partial charge in [-0.15, -0.1) is 0 Å². The lowest BCUT2D eigenvalue weighted by molar-refractivity contribution is 0.568. The number of hydrogen-bond acceptors (Lipinski definition) is 6. The maximum atomic E-state index is 13.8. The molecular weight excluding hydrogens is 315 g/mol. The third-order valence-electron chi connectivity index (χ3n) is 2.73. The van der Waals surface area contributed by atoms with Crippen molar-refractivity contribution >= 4 is 31.8 Å². The predicted octanol–water partition coefficient (Wildman–Crippen LogP) is 1.85. The molecule has 108 valence electrons. The van der Waals surface area contributed by atoms with Crippen LogP contribution in [-0.2, 0) is 10.0 Å². The predicted molar refractivity (Wildman–Crippen MR) is 76.7 cm³/mol. The Hall–Kier alpha value is -1.97. The molecule has 0 fully saturated rings. The molecule has 3 rings (SSSR count). The zero-order valence-electron chi connectivity index (χ0n) is 10.7. The van der Waals surface area contributed by atoms with E-state index in [1.54, 1.807) is 6.20 Å². The van der Waals surface area contributed by atoms with Crippen LogP contribution in [0, 0.1) is 12.7 Å². The molecule has 6 nitrogen and oxygen atoms in total. The van der Waals surface area contributed by atoms with Gasteiger partial charge in [-0.25, -0.2) is 32.9 Å². The molecule has 1 aromatic carbocycles. The number of nitrogens with two attached hydrogens (primary N) is 1. The molecule has 0 saturated carbocycles. The molecule has 2 N–H and O–H groups in total. The molecule has 0 radical (unpaired) electrons. The Bertz CT molecular complexity index is 953. The van der Waals surface area contributed by atoms with Crippen LogP contribution in [0.3, 0.4) is 0 Å². The average molecular weight is 324 g/mol. The third kappa shape index (κ3) is 2.62. The van der Waals surface area contributed by atoms with Gasteiger partial charge in [-0.3, -0.25) is 0 Å². The van der Waals surface area contributed by atoms with E-state index in [9.17, 15) is 12.8 Å². The summed E-state index contributed by atoms with van der Waals surface area (Å²) in [6.45, 7) is 1.81. The molecule has 0 bridgehead atoms. The van der Waals surface area contributed by atoms with Gasteiger partial charge in [-0.1, -0.05) is 17.4 Å². The van der Waals surface area contributed by atoms with E-state index < -0.39 is 20.7 Å². The first-order chi connectivity index (χ1) is 9.84. The highest BCUT2D eigenvalue weighted by Gasteiger charge is 2.16. The summed E-state index contributed by atoms with van der Waals surface area (Å²) in [7, 11) is -4.08. The zero-order valence-corrected chi connectivity index (χ0v) is 12.4. The lowest BCUT2D eigenvalue weighted by atomic mass is 10.2. The van der Waals surface area contributed by atoms with Crippen LogP contribution in [0.5, 0.6) is 0 Å². The fourth-order valence-electron chi connectivity index (χ4n) is 1.79. The second kappa shape index (κ2) is 4.79. The summed E-state index contributed by atoms with van der Waals surface area (Å²) < 4.78 is 36.2. The van der Waals surface area contributed by atoms with Crippen molar-refractivity contribution in [2.24, 2.45) is 5.14 Å². The number of hydrogen-bond donors (Lipinski definition) is 1. The first-order valence-corrected chi connectivity index (χ1v) is 8.14. The van der Waals surface area contributed by atoms with Gasteiger partial charge in [0, 0.05) is 5.56 Å². The van der Waals surface area contributed by atoms with Gasteiger partial charge in [-0.05, 0) is 19.1 Å². The first kappa shape index (κ1) is 14.0. The van der Waals surface area contributed by atoms with Crippen molar-refractivity contribution in [1.82, 2.24) is 15.0 Å². The topological polar surface area (TPSA) is 98.8 Å². The Labute approximate surface area is 123 Å². The van der Waals surface area contributed by atoms with Gasteiger partial charge in [-0.2, -0.15) is 0 Å². The number of aromatic nitrogens is 3. The quantitative estimate of drug-likeness (QED) is 0.775. The molecule has 0 aliphatic heterocycles. The fourth-order valence-corrected chi connectivity index (χ4v) is 3.32.